The topological polar surface area (TPSA) is 70.1 Å². The van der Waals surface area contributed by atoms with Crippen LogP contribution in [-0.4, -0.2) is 30.3 Å². The Balaban J connectivity index is 1.89. The Hall–Kier alpha value is -2.38. The minimum Gasteiger partial charge on any atom is -0.479 e. The van der Waals surface area contributed by atoms with E-state index in [1.54, 1.807) is 53.8 Å². The first kappa shape index (κ1) is 17.4. The van der Waals surface area contributed by atoms with Gasteiger partial charge in [0.1, 0.15) is 5.75 Å². The van der Waals surface area contributed by atoms with Crippen molar-refractivity contribution < 1.29 is 19.4 Å². The van der Waals surface area contributed by atoms with Crippen LogP contribution in [0.2, 0.25) is 5.02 Å². The van der Waals surface area contributed by atoms with Crippen LogP contribution in [0.4, 0.5) is 16.2 Å². The third-order valence-corrected chi connectivity index (χ3v) is 5.01. The molecule has 0 saturated carbocycles. The predicted octanol–water partition coefficient (Wildman–Crippen LogP) is 4.28. The van der Waals surface area contributed by atoms with Gasteiger partial charge in [0.15, 0.2) is 6.10 Å². The number of urea groups is 1. The van der Waals surface area contributed by atoms with Crippen molar-refractivity contribution in [3.05, 3.63) is 47.5 Å². The highest BCUT2D eigenvalue weighted by atomic mass is 35.5. The molecule has 3 rings (SSSR count). The number of fused-ring (bicyclic) bond motifs is 1. The zero-order valence-electron chi connectivity index (χ0n) is 13.5. The summed E-state index contributed by atoms with van der Waals surface area (Å²) in [5.41, 5.74) is 1.38. The van der Waals surface area contributed by atoms with Crippen LogP contribution >= 0.6 is 23.5 Å². The molecular formula is C17H15ClN2O4S. The first-order valence-corrected chi connectivity index (χ1v) is 8.57. The van der Waals surface area contributed by atoms with Gasteiger partial charge in [-0.05, 0) is 55.3 Å². The van der Waals surface area contributed by atoms with E-state index in [1.807, 2.05) is 0 Å². The molecule has 1 unspecified atom stereocenters. The molecule has 1 heterocycles. The zero-order valence-corrected chi connectivity index (χ0v) is 15.0. The van der Waals surface area contributed by atoms with Crippen LogP contribution in [0.1, 0.15) is 6.92 Å². The SMILES string of the molecule is CC(Oc1ccc2c(c1)N(C)C(=O)N(c1ccc(Cl)cc1)S2)C(=O)O. The summed E-state index contributed by atoms with van der Waals surface area (Å²) in [7, 11) is 1.66. The molecule has 0 spiro atoms. The second kappa shape index (κ2) is 6.85. The van der Waals surface area contributed by atoms with E-state index in [4.69, 9.17) is 21.4 Å². The van der Waals surface area contributed by atoms with E-state index < -0.39 is 12.1 Å². The van der Waals surface area contributed by atoms with Crippen molar-refractivity contribution in [2.45, 2.75) is 17.9 Å². The number of hydrogen-bond acceptors (Lipinski definition) is 4. The van der Waals surface area contributed by atoms with Crippen molar-refractivity contribution in [1.82, 2.24) is 0 Å². The molecule has 1 N–H and O–H groups in total. The summed E-state index contributed by atoms with van der Waals surface area (Å²) >= 11 is 7.19. The van der Waals surface area contributed by atoms with Crippen molar-refractivity contribution in [3.8, 4) is 5.75 Å². The number of carbonyl (C=O) groups is 2. The van der Waals surface area contributed by atoms with E-state index in [-0.39, 0.29) is 6.03 Å². The molecule has 0 aromatic heterocycles. The molecule has 1 aliphatic rings. The molecule has 2 aromatic rings. The van der Waals surface area contributed by atoms with Crippen molar-refractivity contribution in [1.29, 1.82) is 0 Å². The number of benzene rings is 2. The third kappa shape index (κ3) is 3.52. The first-order chi connectivity index (χ1) is 11.9. The van der Waals surface area contributed by atoms with Crippen molar-refractivity contribution in [2.24, 2.45) is 0 Å². The summed E-state index contributed by atoms with van der Waals surface area (Å²) < 4.78 is 6.94. The molecule has 6 nitrogen and oxygen atoms in total. The summed E-state index contributed by atoms with van der Waals surface area (Å²) in [5.74, 6) is -0.653. The van der Waals surface area contributed by atoms with Gasteiger partial charge in [0.25, 0.3) is 0 Å². The fourth-order valence-electron chi connectivity index (χ4n) is 2.28. The lowest BCUT2D eigenvalue weighted by Crippen LogP contribution is -2.40. The normalized spacial score (nSPS) is 14.9. The lowest BCUT2D eigenvalue weighted by Gasteiger charge is -2.33. The lowest BCUT2D eigenvalue weighted by molar-refractivity contribution is -0.144. The number of carboxylic acids is 1. The van der Waals surface area contributed by atoms with E-state index in [9.17, 15) is 9.59 Å². The van der Waals surface area contributed by atoms with Crippen LogP contribution in [-0.2, 0) is 4.79 Å². The van der Waals surface area contributed by atoms with E-state index in [0.717, 1.165) is 10.6 Å². The standard InChI is InChI=1S/C17H15ClN2O4S/c1-10(16(21)22)24-13-7-8-15-14(9-13)19(2)17(23)20(25-15)12-5-3-11(18)4-6-12/h3-10H,1-2H3,(H,21,22). The Morgan fingerprint density at radius 1 is 1.24 bits per heavy atom. The molecule has 2 aromatic carbocycles. The van der Waals surface area contributed by atoms with Gasteiger partial charge in [-0.1, -0.05) is 11.6 Å². The Morgan fingerprint density at radius 2 is 1.92 bits per heavy atom. The maximum absolute atomic E-state index is 12.7. The van der Waals surface area contributed by atoms with E-state index in [2.05, 4.69) is 0 Å². The fraction of sp³-hybridized carbons (Fsp3) is 0.176. The maximum atomic E-state index is 12.7. The van der Waals surface area contributed by atoms with Crippen molar-refractivity contribution in [2.75, 3.05) is 16.3 Å². The number of amides is 2. The Labute approximate surface area is 154 Å². The molecule has 0 fully saturated rings. The van der Waals surface area contributed by atoms with E-state index in [1.165, 1.54) is 23.8 Å². The Kier molecular flexibility index (Phi) is 4.78. The van der Waals surface area contributed by atoms with E-state index >= 15 is 0 Å². The molecule has 0 radical (unpaired) electrons. The second-order valence-electron chi connectivity index (χ2n) is 5.43. The van der Waals surface area contributed by atoms with Gasteiger partial charge in [0, 0.05) is 18.1 Å². The number of hydrogen-bond donors (Lipinski definition) is 1. The summed E-state index contributed by atoms with van der Waals surface area (Å²) in [6.45, 7) is 1.45. The van der Waals surface area contributed by atoms with Crippen LogP contribution < -0.4 is 13.9 Å². The van der Waals surface area contributed by atoms with Gasteiger partial charge in [-0.3, -0.25) is 4.90 Å². The van der Waals surface area contributed by atoms with Crippen molar-refractivity contribution in [3.63, 3.8) is 0 Å². The molecule has 8 heteroatoms. The summed E-state index contributed by atoms with van der Waals surface area (Å²) in [6.07, 6.45) is -0.971. The molecule has 2 amide bonds. The average Bonchev–Trinajstić information content (AvgIpc) is 2.59. The summed E-state index contributed by atoms with van der Waals surface area (Å²) in [5, 5.41) is 9.54. The maximum Gasteiger partial charge on any atom is 0.344 e. The molecule has 130 valence electrons. The average molecular weight is 379 g/mol. The molecular weight excluding hydrogens is 364 g/mol. The second-order valence-corrected chi connectivity index (χ2v) is 6.86. The smallest absolute Gasteiger partial charge is 0.344 e. The van der Waals surface area contributed by atoms with Crippen LogP contribution in [0, 0.1) is 0 Å². The van der Waals surface area contributed by atoms with Gasteiger partial charge in [0.2, 0.25) is 0 Å². The predicted molar refractivity (Wildman–Crippen MR) is 97.8 cm³/mol. The lowest BCUT2D eigenvalue weighted by atomic mass is 10.2. The number of nitrogens with zero attached hydrogens (tertiary/aromatic N) is 2. The van der Waals surface area contributed by atoms with Gasteiger partial charge in [-0.15, -0.1) is 0 Å². The highest BCUT2D eigenvalue weighted by Gasteiger charge is 2.30. The number of carboxylic acid groups (broad SMARTS) is 1. The number of carbonyl (C=O) groups excluding carboxylic acids is 1. The van der Waals surface area contributed by atoms with Crippen LogP contribution in [0.25, 0.3) is 0 Å². The number of aliphatic carboxylic acids is 1. The van der Waals surface area contributed by atoms with Gasteiger partial charge in [-0.25, -0.2) is 13.9 Å². The minimum absolute atomic E-state index is 0.219. The number of halogens is 1. The quantitative estimate of drug-likeness (QED) is 0.804. The van der Waals surface area contributed by atoms with Crippen LogP contribution in [0.5, 0.6) is 5.75 Å². The van der Waals surface area contributed by atoms with Gasteiger partial charge >= 0.3 is 12.0 Å². The van der Waals surface area contributed by atoms with E-state index in [0.29, 0.717) is 16.5 Å². The molecule has 0 bridgehead atoms. The van der Waals surface area contributed by atoms with Gasteiger partial charge in [0.05, 0.1) is 16.3 Å². The number of rotatable bonds is 4. The molecule has 1 atom stereocenters. The monoisotopic (exact) mass is 378 g/mol. The Bertz CT molecular complexity index is 828. The zero-order chi connectivity index (χ0) is 18.1. The number of anilines is 2. The highest BCUT2D eigenvalue weighted by Crippen LogP contribution is 2.42. The van der Waals surface area contributed by atoms with Gasteiger partial charge < -0.3 is 9.84 Å². The van der Waals surface area contributed by atoms with Crippen LogP contribution in [0.3, 0.4) is 0 Å². The minimum atomic E-state index is -1.05. The summed E-state index contributed by atoms with van der Waals surface area (Å²) in [4.78, 5) is 26.0. The highest BCUT2D eigenvalue weighted by molar-refractivity contribution is 8.01. The largest absolute Gasteiger partial charge is 0.479 e. The molecule has 25 heavy (non-hydrogen) atoms. The van der Waals surface area contributed by atoms with Crippen LogP contribution in [0.15, 0.2) is 47.4 Å². The Morgan fingerprint density at radius 3 is 2.56 bits per heavy atom. The molecule has 0 saturated heterocycles. The third-order valence-electron chi connectivity index (χ3n) is 3.66. The van der Waals surface area contributed by atoms with Gasteiger partial charge in [-0.2, -0.15) is 0 Å². The summed E-state index contributed by atoms with van der Waals surface area (Å²) in [6, 6.07) is 11.9. The fourth-order valence-corrected chi connectivity index (χ4v) is 3.45. The first-order valence-electron chi connectivity index (χ1n) is 7.41. The molecule has 1 aliphatic heterocycles. The molecule has 0 aliphatic carbocycles. The van der Waals surface area contributed by atoms with Crippen molar-refractivity contribution >= 4 is 46.9 Å². The number of ether oxygens (including phenoxy) is 1.